The Hall–Kier alpha value is -3.55. The van der Waals surface area contributed by atoms with Gasteiger partial charge in [-0.2, -0.15) is 0 Å². The molecule has 3 aromatic rings. The molecule has 0 aliphatic carbocycles. The van der Waals surface area contributed by atoms with Gasteiger partial charge in [-0.15, -0.1) is 6.58 Å². The molecule has 0 N–H and O–H groups in total. The topological polar surface area (TPSA) is 64.0 Å². The molecule has 0 radical (unpaired) electrons. The Morgan fingerprint density at radius 2 is 1.92 bits per heavy atom. The van der Waals surface area contributed by atoms with Gasteiger partial charge in [0, 0.05) is 17.3 Å². The van der Waals surface area contributed by atoms with E-state index in [2.05, 4.69) is 16.6 Å². The fraction of sp³-hybridized carbons (Fsp3) is 0.179. The number of thioether (sulfide) groups is 1. The van der Waals surface area contributed by atoms with E-state index < -0.39 is 0 Å². The van der Waals surface area contributed by atoms with Crippen LogP contribution in [-0.2, 0) is 11.4 Å². The molecule has 1 amide bonds. The monoisotopic (exact) mass is 519 g/mol. The summed E-state index contributed by atoms with van der Waals surface area (Å²) in [6, 6.07) is 18.7. The number of carbonyl (C=O) groups is 1. The summed E-state index contributed by atoms with van der Waals surface area (Å²) in [6.07, 6.45) is 3.52. The first-order chi connectivity index (χ1) is 17.5. The number of nitrogens with zero attached hydrogens (tertiary/aromatic N) is 3. The highest BCUT2D eigenvalue weighted by molar-refractivity contribution is 8.18. The second-order valence-electron chi connectivity index (χ2n) is 7.90. The molecule has 1 aromatic heterocycles. The number of aromatic nitrogens is 1. The lowest BCUT2D eigenvalue weighted by Gasteiger charge is -2.13. The number of aryl methyl sites for hydroxylation is 1. The van der Waals surface area contributed by atoms with Crippen LogP contribution in [-0.4, -0.2) is 34.1 Å². The van der Waals surface area contributed by atoms with Crippen LogP contribution in [0.15, 0.2) is 83.2 Å². The first-order valence-electron chi connectivity index (χ1n) is 11.5. The fourth-order valence-electron chi connectivity index (χ4n) is 3.47. The van der Waals surface area contributed by atoms with Gasteiger partial charge in [0.2, 0.25) is 0 Å². The smallest absolute Gasteiger partial charge is 0.267 e. The van der Waals surface area contributed by atoms with Crippen LogP contribution < -0.4 is 9.47 Å². The van der Waals surface area contributed by atoms with Gasteiger partial charge >= 0.3 is 0 Å². The Kier molecular flexibility index (Phi) is 8.46. The van der Waals surface area contributed by atoms with E-state index in [1.165, 1.54) is 11.8 Å². The summed E-state index contributed by atoms with van der Waals surface area (Å²) in [5.41, 5.74) is 2.68. The number of amides is 1. The highest BCUT2D eigenvalue weighted by atomic mass is 35.5. The molecule has 36 heavy (non-hydrogen) atoms. The molecule has 1 aliphatic rings. The van der Waals surface area contributed by atoms with Gasteiger partial charge < -0.3 is 9.47 Å². The molecule has 1 saturated heterocycles. The molecule has 1 aliphatic heterocycles. The molecular weight excluding hydrogens is 494 g/mol. The summed E-state index contributed by atoms with van der Waals surface area (Å²) in [4.78, 5) is 24.3. The number of benzene rings is 2. The van der Waals surface area contributed by atoms with Crippen molar-refractivity contribution < 1.29 is 14.3 Å². The summed E-state index contributed by atoms with van der Waals surface area (Å²) < 4.78 is 11.8. The molecule has 6 nitrogen and oxygen atoms in total. The lowest BCUT2D eigenvalue weighted by molar-refractivity contribution is -0.121. The van der Waals surface area contributed by atoms with Crippen LogP contribution in [0.1, 0.15) is 23.7 Å². The molecule has 0 saturated carbocycles. The van der Waals surface area contributed by atoms with Gasteiger partial charge in [-0.1, -0.05) is 41.9 Å². The maximum Gasteiger partial charge on any atom is 0.267 e. The number of carbonyl (C=O) groups excluding carboxylic acids is 1. The van der Waals surface area contributed by atoms with Crippen molar-refractivity contribution in [2.75, 3.05) is 13.2 Å². The molecule has 2 heterocycles. The van der Waals surface area contributed by atoms with Gasteiger partial charge in [-0.05, 0) is 79.2 Å². The van der Waals surface area contributed by atoms with Gasteiger partial charge in [0.25, 0.3) is 5.91 Å². The zero-order valence-electron chi connectivity index (χ0n) is 20.1. The Labute approximate surface area is 220 Å². The fourth-order valence-corrected chi connectivity index (χ4v) is 4.59. The number of pyridine rings is 1. The minimum absolute atomic E-state index is 0.132. The van der Waals surface area contributed by atoms with E-state index in [0.29, 0.717) is 52.2 Å². The number of aliphatic imine (C=N–C) groups is 1. The zero-order chi connectivity index (χ0) is 25.5. The molecule has 0 atom stereocenters. The quantitative estimate of drug-likeness (QED) is 0.229. The van der Waals surface area contributed by atoms with Crippen molar-refractivity contribution in [1.29, 1.82) is 0 Å². The maximum absolute atomic E-state index is 13.2. The van der Waals surface area contributed by atoms with Crippen LogP contribution in [0.3, 0.4) is 0 Å². The van der Waals surface area contributed by atoms with Gasteiger partial charge in [0.05, 0.1) is 11.5 Å². The van der Waals surface area contributed by atoms with Gasteiger partial charge in [-0.3, -0.25) is 9.69 Å². The second kappa shape index (κ2) is 11.9. The highest BCUT2D eigenvalue weighted by Gasteiger charge is 2.32. The molecule has 0 spiro atoms. The van der Waals surface area contributed by atoms with E-state index in [1.807, 2.05) is 80.6 Å². The third-order valence-corrected chi connectivity index (χ3v) is 6.42. The summed E-state index contributed by atoms with van der Waals surface area (Å²) in [6.45, 7) is 8.83. The normalized spacial score (nSPS) is 15.5. The number of hydrogen-bond acceptors (Lipinski definition) is 6. The van der Waals surface area contributed by atoms with Crippen LogP contribution in [0.25, 0.3) is 6.08 Å². The number of hydrogen-bond donors (Lipinski definition) is 0. The van der Waals surface area contributed by atoms with Gasteiger partial charge in [0.15, 0.2) is 22.5 Å². The predicted octanol–water partition coefficient (Wildman–Crippen LogP) is 6.81. The average Bonchev–Trinajstić information content (AvgIpc) is 3.14. The molecule has 0 bridgehead atoms. The number of amidine groups is 1. The van der Waals surface area contributed by atoms with Gasteiger partial charge in [0.1, 0.15) is 6.61 Å². The Bertz CT molecular complexity index is 1320. The summed E-state index contributed by atoms with van der Waals surface area (Å²) >= 11 is 7.28. The van der Waals surface area contributed by atoms with E-state index in [1.54, 1.807) is 11.0 Å². The third-order valence-electron chi connectivity index (χ3n) is 5.16. The van der Waals surface area contributed by atoms with Crippen molar-refractivity contribution >= 4 is 46.3 Å². The minimum atomic E-state index is -0.132. The number of ether oxygens (including phenoxy) is 2. The summed E-state index contributed by atoms with van der Waals surface area (Å²) in [5.74, 6) is 1.66. The lowest BCUT2D eigenvalue weighted by Crippen LogP contribution is -2.29. The van der Waals surface area contributed by atoms with Crippen LogP contribution in [0.5, 0.6) is 11.5 Å². The standard InChI is InChI=1S/C28H26ClN3O3S/c1-4-15-32-27(33)25(36-28(32)31-26-8-6-7-19(3)30-26)17-21-11-14-23(24(16-21)34-5-2)35-18-20-9-12-22(29)13-10-20/h4,6-14,16-17H,1,5,15,18H2,2-3H3/b25-17-,31-28+. The molecule has 2 aromatic carbocycles. The van der Waals surface area contributed by atoms with E-state index in [0.717, 1.165) is 16.8 Å². The van der Waals surface area contributed by atoms with Crippen molar-refractivity contribution in [2.45, 2.75) is 20.5 Å². The van der Waals surface area contributed by atoms with Crippen LogP contribution in [0, 0.1) is 6.92 Å². The van der Waals surface area contributed by atoms with Crippen molar-refractivity contribution in [1.82, 2.24) is 9.88 Å². The molecule has 0 unspecified atom stereocenters. The van der Waals surface area contributed by atoms with Crippen molar-refractivity contribution in [3.63, 3.8) is 0 Å². The SMILES string of the molecule is C=CCN1C(=O)/C(=C/c2ccc(OCc3ccc(Cl)cc3)c(OCC)c2)S/C1=N/c1cccc(C)n1. The van der Waals surface area contributed by atoms with Crippen molar-refractivity contribution in [2.24, 2.45) is 4.99 Å². The van der Waals surface area contributed by atoms with Crippen LogP contribution >= 0.6 is 23.4 Å². The molecule has 8 heteroatoms. The van der Waals surface area contributed by atoms with Gasteiger partial charge in [-0.25, -0.2) is 9.98 Å². The minimum Gasteiger partial charge on any atom is -0.490 e. The molecule has 184 valence electrons. The van der Waals surface area contributed by atoms with Crippen LogP contribution in [0.2, 0.25) is 5.02 Å². The third kappa shape index (κ3) is 6.36. The summed E-state index contributed by atoms with van der Waals surface area (Å²) in [7, 11) is 0. The maximum atomic E-state index is 13.2. The first kappa shape index (κ1) is 25.5. The molecular formula is C28H26ClN3O3S. The molecule has 4 rings (SSSR count). The van der Waals surface area contributed by atoms with E-state index in [9.17, 15) is 4.79 Å². The van der Waals surface area contributed by atoms with E-state index >= 15 is 0 Å². The van der Waals surface area contributed by atoms with Crippen molar-refractivity contribution in [3.05, 3.63) is 100 Å². The summed E-state index contributed by atoms with van der Waals surface area (Å²) in [5, 5.41) is 1.25. The largest absolute Gasteiger partial charge is 0.490 e. The van der Waals surface area contributed by atoms with E-state index in [4.69, 9.17) is 21.1 Å². The van der Waals surface area contributed by atoms with E-state index in [-0.39, 0.29) is 5.91 Å². The Balaban J connectivity index is 1.58. The van der Waals surface area contributed by atoms with Crippen molar-refractivity contribution in [3.8, 4) is 11.5 Å². The second-order valence-corrected chi connectivity index (χ2v) is 9.35. The number of halogens is 1. The molecule has 1 fully saturated rings. The first-order valence-corrected chi connectivity index (χ1v) is 12.6. The number of rotatable bonds is 9. The lowest BCUT2D eigenvalue weighted by atomic mass is 10.1. The highest BCUT2D eigenvalue weighted by Crippen LogP contribution is 2.36. The van der Waals surface area contributed by atoms with Crippen LogP contribution in [0.4, 0.5) is 5.82 Å². The zero-order valence-corrected chi connectivity index (χ0v) is 21.7. The average molecular weight is 520 g/mol. The Morgan fingerprint density at radius 1 is 1.11 bits per heavy atom. The Morgan fingerprint density at radius 3 is 2.64 bits per heavy atom. The predicted molar refractivity (Wildman–Crippen MR) is 147 cm³/mol.